The summed E-state index contributed by atoms with van der Waals surface area (Å²) in [5.74, 6) is 0.359. The Morgan fingerprint density at radius 1 is 1.42 bits per heavy atom. The lowest BCUT2D eigenvalue weighted by Crippen LogP contribution is -1.95. The number of Topliss-reactive ketones (excluding diaryl/α,β-unsaturated/α-hetero) is 1. The maximum Gasteiger partial charge on any atom is 0.133 e. The van der Waals surface area contributed by atoms with Crippen LogP contribution in [0.15, 0.2) is 12.3 Å². The van der Waals surface area contributed by atoms with Gasteiger partial charge in [0.2, 0.25) is 0 Å². The van der Waals surface area contributed by atoms with Crippen LogP contribution < -0.4 is 0 Å². The van der Waals surface area contributed by atoms with Gasteiger partial charge in [0.05, 0.1) is 13.4 Å². The molecule has 0 aromatic carbocycles. The third-order valence-corrected chi connectivity index (χ3v) is 1.63. The number of allylic oxidation sites excluding steroid dienone is 1. The molecule has 2 nitrogen and oxygen atoms in total. The zero-order valence-electron chi connectivity index (χ0n) is 8.01. The van der Waals surface area contributed by atoms with E-state index in [4.69, 9.17) is 4.74 Å². The predicted octanol–water partition coefficient (Wildman–Crippen LogP) is 2.69. The first kappa shape index (κ1) is 11.2. The quantitative estimate of drug-likeness (QED) is 0.549. The molecule has 0 bridgehead atoms. The first-order chi connectivity index (χ1) is 5.81. The molecule has 0 aliphatic heterocycles. The lowest BCUT2D eigenvalue weighted by molar-refractivity contribution is -0.119. The van der Waals surface area contributed by atoms with Gasteiger partial charge in [-0.05, 0) is 18.9 Å². The minimum Gasteiger partial charge on any atom is -0.505 e. The van der Waals surface area contributed by atoms with Crippen LogP contribution in [0.25, 0.3) is 0 Å². The van der Waals surface area contributed by atoms with E-state index < -0.39 is 0 Å². The van der Waals surface area contributed by atoms with Gasteiger partial charge in [-0.3, -0.25) is 4.79 Å². The van der Waals surface area contributed by atoms with Crippen molar-refractivity contribution in [1.82, 2.24) is 0 Å². The summed E-state index contributed by atoms with van der Waals surface area (Å²) < 4.78 is 4.71. The summed E-state index contributed by atoms with van der Waals surface area (Å²) in [7, 11) is 1.61. The van der Waals surface area contributed by atoms with Crippen molar-refractivity contribution in [2.75, 3.05) is 7.11 Å². The van der Waals surface area contributed by atoms with Crippen LogP contribution in [0.4, 0.5) is 0 Å². The van der Waals surface area contributed by atoms with Gasteiger partial charge < -0.3 is 4.74 Å². The molecule has 0 amide bonds. The third kappa shape index (κ3) is 7.32. The van der Waals surface area contributed by atoms with E-state index in [-0.39, 0.29) is 0 Å². The maximum absolute atomic E-state index is 11.1. The van der Waals surface area contributed by atoms with Gasteiger partial charge in [0, 0.05) is 12.8 Å². The molecule has 0 atom stereocenters. The summed E-state index contributed by atoms with van der Waals surface area (Å²) in [6.45, 7) is 2.10. The Morgan fingerprint density at radius 2 is 2.17 bits per heavy atom. The van der Waals surface area contributed by atoms with Crippen molar-refractivity contribution in [1.29, 1.82) is 0 Å². The van der Waals surface area contributed by atoms with E-state index in [9.17, 15) is 4.79 Å². The number of methoxy groups -OCH3 is 1. The molecule has 0 aliphatic rings. The van der Waals surface area contributed by atoms with E-state index in [1.165, 1.54) is 0 Å². The fourth-order valence-corrected chi connectivity index (χ4v) is 0.908. The molecule has 0 unspecified atom stereocenters. The van der Waals surface area contributed by atoms with E-state index in [2.05, 4.69) is 6.92 Å². The summed E-state index contributed by atoms with van der Waals surface area (Å²) in [4.78, 5) is 11.1. The van der Waals surface area contributed by atoms with Crippen LogP contribution in [0.1, 0.15) is 39.0 Å². The third-order valence-electron chi connectivity index (χ3n) is 1.63. The number of unbranched alkanes of at least 4 members (excludes halogenated alkanes) is 1. The van der Waals surface area contributed by atoms with Gasteiger partial charge in [0.1, 0.15) is 5.78 Å². The maximum atomic E-state index is 11.1. The van der Waals surface area contributed by atoms with E-state index in [1.807, 2.05) is 6.08 Å². The molecule has 70 valence electrons. The van der Waals surface area contributed by atoms with Crippen molar-refractivity contribution in [3.8, 4) is 0 Å². The number of rotatable bonds is 7. The van der Waals surface area contributed by atoms with Gasteiger partial charge in [-0.15, -0.1) is 0 Å². The topological polar surface area (TPSA) is 26.3 Å². The van der Waals surface area contributed by atoms with Gasteiger partial charge in [0.15, 0.2) is 0 Å². The van der Waals surface area contributed by atoms with E-state index >= 15 is 0 Å². The molecular formula is C10H18O2. The van der Waals surface area contributed by atoms with Crippen molar-refractivity contribution < 1.29 is 9.53 Å². The minimum absolute atomic E-state index is 0.359. The largest absolute Gasteiger partial charge is 0.505 e. The molecule has 0 fully saturated rings. The minimum atomic E-state index is 0.359. The van der Waals surface area contributed by atoms with Crippen molar-refractivity contribution >= 4 is 5.78 Å². The molecule has 0 aromatic rings. The molecule has 0 rings (SSSR count). The first-order valence-corrected chi connectivity index (χ1v) is 4.50. The number of ketones is 1. The molecule has 0 saturated carbocycles. The summed E-state index contributed by atoms with van der Waals surface area (Å²) in [5.41, 5.74) is 0. The summed E-state index contributed by atoms with van der Waals surface area (Å²) in [5, 5.41) is 0. The van der Waals surface area contributed by atoms with Crippen LogP contribution in [0.3, 0.4) is 0 Å². The fraction of sp³-hybridized carbons (Fsp3) is 0.700. The molecule has 0 aliphatic carbocycles. The molecule has 0 radical (unpaired) electrons. The van der Waals surface area contributed by atoms with Gasteiger partial charge in [-0.25, -0.2) is 0 Å². The lowest BCUT2D eigenvalue weighted by Gasteiger charge is -1.95. The number of carbonyl (C=O) groups excluding carboxylic acids is 1. The Balaban J connectivity index is 3.25. The highest BCUT2D eigenvalue weighted by Gasteiger charge is 1.98. The predicted molar refractivity (Wildman–Crippen MR) is 49.9 cm³/mol. The molecule has 0 aromatic heterocycles. The van der Waals surface area contributed by atoms with Crippen molar-refractivity contribution in [2.24, 2.45) is 0 Å². The van der Waals surface area contributed by atoms with Gasteiger partial charge in [-0.1, -0.05) is 13.3 Å². The molecule has 12 heavy (non-hydrogen) atoms. The Labute approximate surface area is 74.6 Å². The molecule has 0 heterocycles. The van der Waals surface area contributed by atoms with E-state index in [1.54, 1.807) is 13.4 Å². The second-order valence-corrected chi connectivity index (χ2v) is 2.79. The zero-order valence-corrected chi connectivity index (χ0v) is 8.01. The van der Waals surface area contributed by atoms with Crippen molar-refractivity contribution in [3.63, 3.8) is 0 Å². The summed E-state index contributed by atoms with van der Waals surface area (Å²) >= 11 is 0. The lowest BCUT2D eigenvalue weighted by atomic mass is 10.1. The Bertz CT molecular complexity index is 139. The van der Waals surface area contributed by atoms with E-state index in [0.29, 0.717) is 12.2 Å². The average Bonchev–Trinajstić information content (AvgIpc) is 2.09. The standard InChI is InChI=1S/C10H18O2/c1-3-4-7-10(11)8-5-6-9-12-2/h6,9H,3-5,7-8H2,1-2H3/b9-6+. The molecule has 2 heteroatoms. The Hall–Kier alpha value is -0.790. The van der Waals surface area contributed by atoms with Crippen molar-refractivity contribution in [2.45, 2.75) is 39.0 Å². The van der Waals surface area contributed by atoms with Crippen LogP contribution in [0.2, 0.25) is 0 Å². The second-order valence-electron chi connectivity index (χ2n) is 2.79. The Kier molecular flexibility index (Phi) is 7.76. The number of hydrogen-bond donors (Lipinski definition) is 0. The Morgan fingerprint density at radius 3 is 2.75 bits per heavy atom. The second kappa shape index (κ2) is 8.31. The number of carbonyl (C=O) groups is 1. The zero-order chi connectivity index (χ0) is 9.23. The highest BCUT2D eigenvalue weighted by atomic mass is 16.5. The van der Waals surface area contributed by atoms with Gasteiger partial charge in [-0.2, -0.15) is 0 Å². The van der Waals surface area contributed by atoms with Gasteiger partial charge in [0.25, 0.3) is 0 Å². The van der Waals surface area contributed by atoms with Crippen LogP contribution in [-0.4, -0.2) is 12.9 Å². The summed E-state index contributed by atoms with van der Waals surface area (Å²) in [6.07, 6.45) is 7.80. The van der Waals surface area contributed by atoms with Crippen LogP contribution >= 0.6 is 0 Å². The molecule has 0 N–H and O–H groups in total. The van der Waals surface area contributed by atoms with Crippen LogP contribution in [0.5, 0.6) is 0 Å². The normalized spacial score (nSPS) is 10.5. The highest BCUT2D eigenvalue weighted by molar-refractivity contribution is 5.78. The van der Waals surface area contributed by atoms with E-state index in [0.717, 1.165) is 25.7 Å². The van der Waals surface area contributed by atoms with Gasteiger partial charge >= 0.3 is 0 Å². The van der Waals surface area contributed by atoms with Crippen molar-refractivity contribution in [3.05, 3.63) is 12.3 Å². The molecule has 0 saturated heterocycles. The SMILES string of the molecule is CCCCC(=O)CC/C=C/OC. The highest BCUT2D eigenvalue weighted by Crippen LogP contribution is 2.01. The monoisotopic (exact) mass is 170 g/mol. The average molecular weight is 170 g/mol. The molecule has 0 spiro atoms. The number of hydrogen-bond acceptors (Lipinski definition) is 2. The smallest absolute Gasteiger partial charge is 0.133 e. The number of ether oxygens (including phenoxy) is 1. The first-order valence-electron chi connectivity index (χ1n) is 4.50. The molecular weight excluding hydrogens is 152 g/mol. The summed E-state index contributed by atoms with van der Waals surface area (Å²) in [6, 6.07) is 0. The van der Waals surface area contributed by atoms with Crippen LogP contribution in [-0.2, 0) is 9.53 Å². The van der Waals surface area contributed by atoms with Crippen LogP contribution in [0, 0.1) is 0 Å². The fourth-order valence-electron chi connectivity index (χ4n) is 0.908.